The normalized spacial score (nSPS) is 11.3. The highest BCUT2D eigenvalue weighted by atomic mass is 32.2. The Morgan fingerprint density at radius 3 is 2.65 bits per heavy atom. The van der Waals surface area contributed by atoms with Crippen molar-refractivity contribution in [1.29, 1.82) is 0 Å². The summed E-state index contributed by atoms with van der Waals surface area (Å²) >= 11 is 1.05. The average molecular weight is 393 g/mol. The number of benzene rings is 1. The monoisotopic (exact) mass is 393 g/mol. The Labute approximate surface area is 153 Å². The maximum absolute atomic E-state index is 12.6. The summed E-state index contributed by atoms with van der Waals surface area (Å²) in [5.74, 6) is 0.252. The predicted octanol–water partition coefficient (Wildman–Crippen LogP) is 3.11. The molecule has 0 aliphatic carbocycles. The average Bonchev–Trinajstić information content (AvgIpc) is 3.13. The lowest BCUT2D eigenvalue weighted by Gasteiger charge is -2.07. The van der Waals surface area contributed by atoms with Gasteiger partial charge in [-0.05, 0) is 32.0 Å². The van der Waals surface area contributed by atoms with Gasteiger partial charge in [-0.15, -0.1) is 11.3 Å². The van der Waals surface area contributed by atoms with Crippen LogP contribution in [-0.2, 0) is 10.0 Å². The van der Waals surface area contributed by atoms with Gasteiger partial charge in [-0.2, -0.15) is 0 Å². The number of aromatic nitrogens is 1. The van der Waals surface area contributed by atoms with Crippen molar-refractivity contribution in [3.05, 3.63) is 51.9 Å². The van der Waals surface area contributed by atoms with Crippen molar-refractivity contribution < 1.29 is 22.8 Å². The molecule has 0 aliphatic rings. The van der Waals surface area contributed by atoms with Crippen molar-refractivity contribution >= 4 is 38.8 Å². The molecule has 8 nitrogen and oxygen atoms in total. The molecule has 3 aromatic rings. The molecule has 0 fully saturated rings. The number of carbonyl (C=O) groups is 1. The summed E-state index contributed by atoms with van der Waals surface area (Å²) in [6.45, 7) is 3.30. The molecule has 0 spiro atoms. The van der Waals surface area contributed by atoms with Crippen LogP contribution in [0.1, 0.15) is 20.3 Å². The smallest absolute Gasteiger partial charge is 0.267 e. The summed E-state index contributed by atoms with van der Waals surface area (Å²) in [4.78, 5) is 13.0. The quantitative estimate of drug-likeness (QED) is 0.612. The molecule has 0 unspecified atom stereocenters. The maximum Gasteiger partial charge on any atom is 0.267 e. The number of sulfonamides is 1. The van der Waals surface area contributed by atoms with Gasteiger partial charge >= 0.3 is 0 Å². The van der Waals surface area contributed by atoms with Crippen molar-refractivity contribution in [3.8, 4) is 5.75 Å². The molecule has 10 heteroatoms. The first kappa shape index (κ1) is 18.0. The minimum absolute atomic E-state index is 0.00711. The first-order valence-electron chi connectivity index (χ1n) is 7.41. The summed E-state index contributed by atoms with van der Waals surface area (Å²) in [5.41, 5.74) is 0.222. The summed E-state index contributed by atoms with van der Waals surface area (Å²) in [7, 11) is -3.91. The second kappa shape index (κ2) is 6.81. The Morgan fingerprint density at radius 2 is 2.00 bits per heavy atom. The van der Waals surface area contributed by atoms with Gasteiger partial charge in [-0.1, -0.05) is 11.2 Å². The van der Waals surface area contributed by atoms with E-state index in [1.54, 1.807) is 19.9 Å². The number of nitrogens with one attached hydrogen (secondary N) is 2. The van der Waals surface area contributed by atoms with Crippen LogP contribution in [0.5, 0.6) is 5.75 Å². The molecule has 0 saturated heterocycles. The molecule has 1 amide bonds. The Morgan fingerprint density at radius 1 is 1.23 bits per heavy atom. The zero-order valence-corrected chi connectivity index (χ0v) is 15.4. The molecule has 3 rings (SSSR count). The van der Waals surface area contributed by atoms with Gasteiger partial charge in [0.25, 0.3) is 15.9 Å². The zero-order chi connectivity index (χ0) is 18.9. The highest BCUT2D eigenvalue weighted by Gasteiger charge is 2.23. The molecule has 0 atom stereocenters. The number of amides is 1. The van der Waals surface area contributed by atoms with Gasteiger partial charge in [-0.3, -0.25) is 9.52 Å². The van der Waals surface area contributed by atoms with Crippen LogP contribution in [0, 0.1) is 13.8 Å². The topological polar surface area (TPSA) is 122 Å². The van der Waals surface area contributed by atoms with E-state index in [4.69, 9.17) is 4.52 Å². The van der Waals surface area contributed by atoms with Crippen molar-refractivity contribution in [2.75, 3.05) is 10.0 Å². The molecule has 3 N–H and O–H groups in total. The van der Waals surface area contributed by atoms with Crippen molar-refractivity contribution in [3.63, 3.8) is 0 Å². The molecule has 26 heavy (non-hydrogen) atoms. The number of nitrogens with zero attached hydrogens (tertiary/aromatic N) is 1. The Bertz CT molecular complexity index is 1070. The van der Waals surface area contributed by atoms with E-state index < -0.39 is 15.9 Å². The van der Waals surface area contributed by atoms with Crippen molar-refractivity contribution in [1.82, 2.24) is 5.16 Å². The van der Waals surface area contributed by atoms with Crippen LogP contribution in [0.2, 0.25) is 0 Å². The number of phenolic OH excluding ortho intramolecular Hbond substituents is 1. The molecule has 0 bridgehead atoms. The molecule has 1 aromatic carbocycles. The number of anilines is 2. The third kappa shape index (κ3) is 3.86. The van der Waals surface area contributed by atoms with Crippen molar-refractivity contribution in [2.45, 2.75) is 18.7 Å². The Balaban J connectivity index is 1.83. The Hall–Kier alpha value is -2.85. The van der Waals surface area contributed by atoms with Crippen LogP contribution in [0.4, 0.5) is 11.5 Å². The second-order valence-corrected chi connectivity index (χ2v) is 8.37. The van der Waals surface area contributed by atoms with Crippen LogP contribution < -0.4 is 10.0 Å². The number of hydrogen-bond donors (Lipinski definition) is 3. The number of phenols is 1. The number of aryl methyl sites for hydroxylation is 2. The highest BCUT2D eigenvalue weighted by Crippen LogP contribution is 2.28. The van der Waals surface area contributed by atoms with Gasteiger partial charge < -0.3 is 14.9 Å². The Kier molecular flexibility index (Phi) is 4.70. The SMILES string of the molecule is Cc1cc(NC(=O)c2cc(S(=O)(=O)Nc3cccc(O)c3)c(C)s2)no1. The number of hydrogen-bond acceptors (Lipinski definition) is 7. The van der Waals surface area contributed by atoms with E-state index in [-0.39, 0.29) is 27.0 Å². The largest absolute Gasteiger partial charge is 0.508 e. The van der Waals surface area contributed by atoms with Gasteiger partial charge in [0.15, 0.2) is 5.82 Å². The minimum Gasteiger partial charge on any atom is -0.508 e. The number of thiophene rings is 1. The van der Waals surface area contributed by atoms with Gasteiger partial charge in [0, 0.05) is 17.0 Å². The van der Waals surface area contributed by atoms with E-state index in [0.717, 1.165) is 11.3 Å². The van der Waals surface area contributed by atoms with Crippen LogP contribution >= 0.6 is 11.3 Å². The van der Waals surface area contributed by atoms with Gasteiger partial charge in [0.1, 0.15) is 16.4 Å². The molecule has 0 radical (unpaired) electrons. The molecule has 136 valence electrons. The number of rotatable bonds is 5. The fourth-order valence-corrected chi connectivity index (χ4v) is 4.76. The van der Waals surface area contributed by atoms with Crippen LogP contribution in [-0.4, -0.2) is 24.6 Å². The summed E-state index contributed by atoms with van der Waals surface area (Å²) in [5, 5.41) is 15.7. The standard InChI is InChI=1S/C16H15N3O5S2/c1-9-6-15(18-24-9)17-16(21)13-8-14(10(2)25-13)26(22,23)19-11-4-3-5-12(20)7-11/h3-8,19-20H,1-2H3,(H,17,18,21). The number of aromatic hydroxyl groups is 1. The summed E-state index contributed by atoms with van der Waals surface area (Å²) in [6, 6.07) is 8.61. The van der Waals surface area contributed by atoms with Crippen LogP contribution in [0.15, 0.2) is 45.8 Å². The third-order valence-electron chi connectivity index (χ3n) is 3.35. The number of carbonyl (C=O) groups excluding carboxylic acids is 1. The van der Waals surface area contributed by atoms with Crippen LogP contribution in [0.3, 0.4) is 0 Å². The van der Waals surface area contributed by atoms with Crippen LogP contribution in [0.25, 0.3) is 0 Å². The van der Waals surface area contributed by atoms with E-state index >= 15 is 0 Å². The lowest BCUT2D eigenvalue weighted by molar-refractivity contribution is 0.102. The van der Waals surface area contributed by atoms with E-state index in [1.807, 2.05) is 0 Å². The maximum atomic E-state index is 12.6. The summed E-state index contributed by atoms with van der Waals surface area (Å²) < 4.78 is 32.4. The lowest BCUT2D eigenvalue weighted by Crippen LogP contribution is -2.13. The summed E-state index contributed by atoms with van der Waals surface area (Å²) in [6.07, 6.45) is 0. The van der Waals surface area contributed by atoms with Gasteiger partial charge in [-0.25, -0.2) is 8.42 Å². The van der Waals surface area contributed by atoms with Gasteiger partial charge in [0.2, 0.25) is 0 Å². The van der Waals surface area contributed by atoms with Gasteiger partial charge in [0.05, 0.1) is 10.6 Å². The fourth-order valence-electron chi connectivity index (χ4n) is 2.23. The fraction of sp³-hybridized carbons (Fsp3) is 0.125. The second-order valence-electron chi connectivity index (χ2n) is 5.46. The molecule has 2 heterocycles. The molecular weight excluding hydrogens is 378 g/mol. The minimum atomic E-state index is -3.91. The lowest BCUT2D eigenvalue weighted by atomic mass is 10.3. The molecular formula is C16H15N3O5S2. The van der Waals surface area contributed by atoms with E-state index in [1.165, 1.54) is 30.3 Å². The first-order chi connectivity index (χ1) is 12.2. The van der Waals surface area contributed by atoms with E-state index in [9.17, 15) is 18.3 Å². The molecule has 2 aromatic heterocycles. The molecule has 0 aliphatic heterocycles. The third-order valence-corrected chi connectivity index (χ3v) is 6.04. The molecule has 0 saturated carbocycles. The van der Waals surface area contributed by atoms with E-state index in [0.29, 0.717) is 10.6 Å². The predicted molar refractivity (Wildman–Crippen MR) is 97.2 cm³/mol. The van der Waals surface area contributed by atoms with E-state index in [2.05, 4.69) is 15.2 Å². The first-order valence-corrected chi connectivity index (χ1v) is 9.71. The van der Waals surface area contributed by atoms with Crippen molar-refractivity contribution in [2.24, 2.45) is 0 Å². The zero-order valence-electron chi connectivity index (χ0n) is 13.8. The highest BCUT2D eigenvalue weighted by molar-refractivity contribution is 7.93.